The van der Waals surface area contributed by atoms with Crippen molar-refractivity contribution in [2.75, 3.05) is 27.3 Å². The van der Waals surface area contributed by atoms with Gasteiger partial charge in [-0.15, -0.1) is 0 Å². The average Bonchev–Trinajstić information content (AvgIpc) is 2.74. The first-order valence-corrected chi connectivity index (χ1v) is 9.89. The third-order valence-electron chi connectivity index (χ3n) is 4.85. The van der Waals surface area contributed by atoms with E-state index in [4.69, 9.17) is 9.47 Å². The van der Waals surface area contributed by atoms with Gasteiger partial charge in [0.15, 0.2) is 0 Å². The van der Waals surface area contributed by atoms with Gasteiger partial charge in [0.05, 0.1) is 14.2 Å². The van der Waals surface area contributed by atoms with E-state index in [9.17, 15) is 9.59 Å². The van der Waals surface area contributed by atoms with Crippen molar-refractivity contribution in [1.29, 1.82) is 0 Å². The minimum absolute atomic E-state index is 0.0609. The maximum Gasteiger partial charge on any atom is 0.254 e. The van der Waals surface area contributed by atoms with Gasteiger partial charge in [0.1, 0.15) is 16.0 Å². The number of halogens is 1. The van der Waals surface area contributed by atoms with Crippen molar-refractivity contribution in [2.24, 2.45) is 0 Å². The molecule has 1 heterocycles. The Morgan fingerprint density at radius 3 is 2.11 bits per heavy atom. The summed E-state index contributed by atoms with van der Waals surface area (Å²) in [5.74, 6) is 0.949. The standard InChI is InChI=1S/C21H23BrN2O4/c1-27-17-12-15(13-18(28-2)19(17)22)21(26)24-10-8-16(9-11-24)23-20(25)14-6-4-3-5-7-14/h3-7,12-13,16H,8-11H2,1-2H3,(H,23,25). The molecule has 0 radical (unpaired) electrons. The highest BCUT2D eigenvalue weighted by Gasteiger charge is 2.26. The van der Waals surface area contributed by atoms with Crippen molar-refractivity contribution < 1.29 is 19.1 Å². The average molecular weight is 447 g/mol. The van der Waals surface area contributed by atoms with Gasteiger partial charge in [0.2, 0.25) is 0 Å². The number of nitrogens with one attached hydrogen (secondary N) is 1. The number of ether oxygens (including phenoxy) is 2. The fourth-order valence-corrected chi connectivity index (χ4v) is 3.81. The number of nitrogens with zero attached hydrogens (tertiary/aromatic N) is 1. The second kappa shape index (κ2) is 9.10. The molecule has 0 unspecified atom stereocenters. The van der Waals surface area contributed by atoms with Crippen molar-refractivity contribution in [3.05, 3.63) is 58.1 Å². The lowest BCUT2D eigenvalue weighted by molar-refractivity contribution is 0.0697. The maximum absolute atomic E-state index is 12.9. The maximum atomic E-state index is 12.9. The van der Waals surface area contributed by atoms with Gasteiger partial charge in [0, 0.05) is 30.3 Å². The summed E-state index contributed by atoms with van der Waals surface area (Å²) in [6.07, 6.45) is 1.43. The molecule has 0 atom stereocenters. The summed E-state index contributed by atoms with van der Waals surface area (Å²) in [6, 6.07) is 12.6. The number of piperidine rings is 1. The van der Waals surface area contributed by atoms with Crippen LogP contribution in [-0.2, 0) is 0 Å². The van der Waals surface area contributed by atoms with Gasteiger partial charge in [-0.3, -0.25) is 9.59 Å². The fourth-order valence-electron chi connectivity index (χ4n) is 3.26. The molecule has 0 bridgehead atoms. The third kappa shape index (κ3) is 4.47. The number of amides is 2. The Labute approximate surface area is 172 Å². The lowest BCUT2D eigenvalue weighted by Crippen LogP contribution is -2.46. The van der Waals surface area contributed by atoms with E-state index < -0.39 is 0 Å². The van der Waals surface area contributed by atoms with Gasteiger partial charge in [0.25, 0.3) is 11.8 Å². The van der Waals surface area contributed by atoms with Crippen molar-refractivity contribution in [3.8, 4) is 11.5 Å². The van der Waals surface area contributed by atoms with Crippen LogP contribution in [0, 0.1) is 0 Å². The van der Waals surface area contributed by atoms with Crippen molar-refractivity contribution >= 4 is 27.7 Å². The molecule has 1 N–H and O–H groups in total. The van der Waals surface area contributed by atoms with E-state index in [0.717, 1.165) is 12.8 Å². The van der Waals surface area contributed by atoms with Crippen LogP contribution in [0.15, 0.2) is 46.9 Å². The topological polar surface area (TPSA) is 67.9 Å². The summed E-state index contributed by atoms with van der Waals surface area (Å²) >= 11 is 3.42. The molecule has 0 aromatic heterocycles. The lowest BCUT2D eigenvalue weighted by atomic mass is 10.0. The monoisotopic (exact) mass is 446 g/mol. The Kier molecular flexibility index (Phi) is 6.57. The molecule has 0 saturated carbocycles. The Balaban J connectivity index is 1.62. The van der Waals surface area contributed by atoms with Crippen LogP contribution in [0.4, 0.5) is 0 Å². The number of hydrogen-bond donors (Lipinski definition) is 1. The molecular formula is C21H23BrN2O4. The number of hydrogen-bond acceptors (Lipinski definition) is 4. The van der Waals surface area contributed by atoms with E-state index >= 15 is 0 Å². The molecule has 1 aliphatic heterocycles. The van der Waals surface area contributed by atoms with Gasteiger partial charge >= 0.3 is 0 Å². The fraction of sp³-hybridized carbons (Fsp3) is 0.333. The zero-order valence-electron chi connectivity index (χ0n) is 15.9. The van der Waals surface area contributed by atoms with Crippen LogP contribution in [0.3, 0.4) is 0 Å². The number of carbonyl (C=O) groups is 2. The first kappa shape index (κ1) is 20.2. The summed E-state index contributed by atoms with van der Waals surface area (Å²) in [7, 11) is 3.10. The van der Waals surface area contributed by atoms with Crippen LogP contribution in [0.1, 0.15) is 33.6 Å². The summed E-state index contributed by atoms with van der Waals surface area (Å²) < 4.78 is 11.3. The van der Waals surface area contributed by atoms with Crippen molar-refractivity contribution in [2.45, 2.75) is 18.9 Å². The predicted octanol–water partition coefficient (Wildman–Crippen LogP) is 3.50. The number of methoxy groups -OCH3 is 2. The Morgan fingerprint density at radius 2 is 1.57 bits per heavy atom. The quantitative estimate of drug-likeness (QED) is 0.762. The second-order valence-corrected chi connectivity index (χ2v) is 7.39. The second-order valence-electron chi connectivity index (χ2n) is 6.60. The largest absolute Gasteiger partial charge is 0.495 e. The van der Waals surface area contributed by atoms with E-state index in [1.165, 1.54) is 0 Å². The van der Waals surface area contributed by atoms with Crippen LogP contribution >= 0.6 is 15.9 Å². The summed E-state index contributed by atoms with van der Waals surface area (Å²) in [5, 5.41) is 3.06. The minimum Gasteiger partial charge on any atom is -0.495 e. The molecule has 6 nitrogen and oxygen atoms in total. The summed E-state index contributed by atoms with van der Waals surface area (Å²) in [5.41, 5.74) is 1.17. The zero-order chi connectivity index (χ0) is 20.1. The molecule has 3 rings (SSSR count). The Hall–Kier alpha value is -2.54. The van der Waals surface area contributed by atoms with Gasteiger partial charge in [-0.2, -0.15) is 0 Å². The smallest absolute Gasteiger partial charge is 0.254 e. The Bertz CT molecular complexity index is 824. The van der Waals surface area contributed by atoms with Crippen LogP contribution < -0.4 is 14.8 Å². The van der Waals surface area contributed by atoms with Crippen molar-refractivity contribution in [3.63, 3.8) is 0 Å². The highest BCUT2D eigenvalue weighted by molar-refractivity contribution is 9.10. The highest BCUT2D eigenvalue weighted by atomic mass is 79.9. The predicted molar refractivity (Wildman–Crippen MR) is 110 cm³/mol. The highest BCUT2D eigenvalue weighted by Crippen LogP contribution is 2.36. The normalized spacial score (nSPS) is 14.5. The van der Waals surface area contributed by atoms with E-state index in [1.54, 1.807) is 43.4 Å². The Morgan fingerprint density at radius 1 is 1.00 bits per heavy atom. The van der Waals surface area contributed by atoms with Crippen LogP contribution in [0.2, 0.25) is 0 Å². The summed E-state index contributed by atoms with van der Waals surface area (Å²) in [6.45, 7) is 1.17. The number of rotatable bonds is 5. The molecule has 1 fully saturated rings. The van der Waals surface area contributed by atoms with E-state index in [1.807, 2.05) is 18.2 Å². The van der Waals surface area contributed by atoms with Crippen LogP contribution in [0.5, 0.6) is 11.5 Å². The molecule has 2 aromatic carbocycles. The molecule has 2 amide bonds. The van der Waals surface area contributed by atoms with Crippen molar-refractivity contribution in [1.82, 2.24) is 10.2 Å². The van der Waals surface area contributed by atoms with E-state index in [0.29, 0.717) is 40.2 Å². The minimum atomic E-state index is -0.0761. The first-order chi connectivity index (χ1) is 13.5. The van der Waals surface area contributed by atoms with Gasteiger partial charge in [-0.05, 0) is 53.0 Å². The van der Waals surface area contributed by atoms with E-state index in [-0.39, 0.29) is 17.9 Å². The summed E-state index contributed by atoms with van der Waals surface area (Å²) in [4.78, 5) is 27.0. The van der Waals surface area contributed by atoms with E-state index in [2.05, 4.69) is 21.2 Å². The third-order valence-corrected chi connectivity index (χ3v) is 5.63. The molecule has 28 heavy (non-hydrogen) atoms. The first-order valence-electron chi connectivity index (χ1n) is 9.10. The molecule has 2 aromatic rings. The molecule has 148 valence electrons. The molecule has 0 aliphatic carbocycles. The van der Waals surface area contributed by atoms with Crippen LogP contribution in [0.25, 0.3) is 0 Å². The molecule has 1 saturated heterocycles. The SMILES string of the molecule is COc1cc(C(=O)N2CCC(NC(=O)c3ccccc3)CC2)cc(OC)c1Br. The molecule has 0 spiro atoms. The zero-order valence-corrected chi connectivity index (χ0v) is 17.5. The number of carbonyl (C=O) groups excluding carboxylic acids is 2. The van der Waals surface area contributed by atoms with Gasteiger partial charge in [-0.1, -0.05) is 18.2 Å². The van der Waals surface area contributed by atoms with Gasteiger partial charge in [-0.25, -0.2) is 0 Å². The molecule has 1 aliphatic rings. The molecular weight excluding hydrogens is 424 g/mol. The lowest BCUT2D eigenvalue weighted by Gasteiger charge is -2.32. The number of benzene rings is 2. The van der Waals surface area contributed by atoms with Crippen LogP contribution in [-0.4, -0.2) is 50.1 Å². The number of likely N-dealkylation sites (tertiary alicyclic amines) is 1. The molecule has 7 heteroatoms. The van der Waals surface area contributed by atoms with Gasteiger partial charge < -0.3 is 19.7 Å².